The number of hydrogen-bond donors (Lipinski definition) is 0. The lowest BCUT2D eigenvalue weighted by molar-refractivity contribution is -0.135. The molecule has 1 amide bonds. The van der Waals surface area contributed by atoms with Crippen LogP contribution >= 0.6 is 11.3 Å². The molecule has 162 valence electrons. The molecule has 2 aliphatic rings. The molecule has 0 radical (unpaired) electrons. The van der Waals surface area contributed by atoms with Crippen molar-refractivity contribution in [3.8, 4) is 21.9 Å². The molecule has 1 saturated heterocycles. The van der Waals surface area contributed by atoms with E-state index in [4.69, 9.17) is 14.2 Å². The van der Waals surface area contributed by atoms with E-state index in [0.29, 0.717) is 26.3 Å². The van der Waals surface area contributed by atoms with Crippen molar-refractivity contribution in [1.29, 1.82) is 0 Å². The van der Waals surface area contributed by atoms with Crippen molar-refractivity contribution in [2.45, 2.75) is 52.7 Å². The van der Waals surface area contributed by atoms with Crippen molar-refractivity contribution in [2.75, 3.05) is 26.4 Å². The highest BCUT2D eigenvalue weighted by Gasteiger charge is 2.26. The zero-order valence-electron chi connectivity index (χ0n) is 18.1. The van der Waals surface area contributed by atoms with Crippen LogP contribution in [0.3, 0.4) is 0 Å². The van der Waals surface area contributed by atoms with E-state index in [0.717, 1.165) is 42.1 Å². The molecular formula is C24H31NO4S. The summed E-state index contributed by atoms with van der Waals surface area (Å²) >= 11 is 1.76. The van der Waals surface area contributed by atoms with Gasteiger partial charge in [-0.1, -0.05) is 13.8 Å². The van der Waals surface area contributed by atoms with Crippen LogP contribution in [0.15, 0.2) is 24.3 Å². The number of ether oxygens (including phenoxy) is 3. The van der Waals surface area contributed by atoms with E-state index in [-0.39, 0.29) is 17.9 Å². The molecule has 0 aliphatic carbocycles. The molecule has 1 aromatic heterocycles. The van der Waals surface area contributed by atoms with E-state index in [1.165, 1.54) is 16.2 Å². The van der Waals surface area contributed by atoms with Crippen molar-refractivity contribution >= 4 is 17.2 Å². The molecule has 2 aromatic rings. The van der Waals surface area contributed by atoms with Gasteiger partial charge in [0.15, 0.2) is 11.5 Å². The summed E-state index contributed by atoms with van der Waals surface area (Å²) in [5.74, 6) is 1.64. The average Bonchev–Trinajstić information content (AvgIpc) is 3.06. The first-order chi connectivity index (χ1) is 14.5. The second kappa shape index (κ2) is 9.40. The zero-order chi connectivity index (χ0) is 21.1. The highest BCUT2D eigenvalue weighted by Crippen LogP contribution is 2.40. The molecule has 0 bridgehead atoms. The number of benzene rings is 1. The predicted octanol–water partition coefficient (Wildman–Crippen LogP) is 5.05. The van der Waals surface area contributed by atoms with Crippen LogP contribution in [0.2, 0.25) is 0 Å². The monoisotopic (exact) mass is 429 g/mol. The topological polar surface area (TPSA) is 48.0 Å². The first-order valence-corrected chi connectivity index (χ1v) is 11.7. The molecular weight excluding hydrogens is 398 g/mol. The van der Waals surface area contributed by atoms with Crippen LogP contribution in [0.1, 0.15) is 43.6 Å². The Bertz CT molecular complexity index is 885. The minimum atomic E-state index is -0.0335. The zero-order valence-corrected chi connectivity index (χ0v) is 18.9. The van der Waals surface area contributed by atoms with E-state index < -0.39 is 0 Å². The molecule has 1 atom stereocenters. The van der Waals surface area contributed by atoms with Gasteiger partial charge in [0, 0.05) is 34.4 Å². The third-order valence-electron chi connectivity index (χ3n) is 5.63. The summed E-state index contributed by atoms with van der Waals surface area (Å²) in [4.78, 5) is 17.0. The normalized spacial score (nSPS) is 19.2. The molecule has 3 heterocycles. The van der Waals surface area contributed by atoms with Crippen LogP contribution < -0.4 is 9.47 Å². The molecule has 30 heavy (non-hydrogen) atoms. The molecule has 4 rings (SSSR count). The molecule has 0 N–H and O–H groups in total. The molecule has 0 spiro atoms. The van der Waals surface area contributed by atoms with Crippen LogP contribution in [0.5, 0.6) is 11.5 Å². The predicted molar refractivity (Wildman–Crippen MR) is 119 cm³/mol. The summed E-state index contributed by atoms with van der Waals surface area (Å²) in [6.45, 7) is 8.93. The molecule has 2 aliphatic heterocycles. The van der Waals surface area contributed by atoms with E-state index in [1.54, 1.807) is 11.3 Å². The second-order valence-corrected chi connectivity index (χ2v) is 9.72. The number of carbonyl (C=O) groups is 1. The fourth-order valence-electron chi connectivity index (χ4n) is 4.00. The number of aryl methyl sites for hydroxylation is 1. The van der Waals surface area contributed by atoms with Gasteiger partial charge in [-0.25, -0.2) is 0 Å². The lowest BCUT2D eigenvalue weighted by Gasteiger charge is -2.24. The van der Waals surface area contributed by atoms with E-state index in [9.17, 15) is 4.79 Å². The molecule has 0 saturated carbocycles. The third kappa shape index (κ3) is 4.81. The first kappa shape index (κ1) is 21.2. The minimum Gasteiger partial charge on any atom is -0.487 e. The Hall–Kier alpha value is -2.05. The Morgan fingerprint density at radius 3 is 2.83 bits per heavy atom. The maximum Gasteiger partial charge on any atom is 0.225 e. The van der Waals surface area contributed by atoms with Crippen molar-refractivity contribution in [1.82, 2.24) is 4.90 Å². The van der Waals surface area contributed by atoms with E-state index in [1.807, 2.05) is 18.7 Å². The quantitative estimate of drug-likeness (QED) is 0.667. The van der Waals surface area contributed by atoms with Gasteiger partial charge >= 0.3 is 0 Å². The average molecular weight is 430 g/mol. The van der Waals surface area contributed by atoms with Gasteiger partial charge in [-0.3, -0.25) is 4.79 Å². The number of hydrogen-bond acceptors (Lipinski definition) is 5. The molecule has 0 unspecified atom stereocenters. The van der Waals surface area contributed by atoms with Gasteiger partial charge in [-0.05, 0) is 56.0 Å². The molecule has 5 nitrogen and oxygen atoms in total. The van der Waals surface area contributed by atoms with Gasteiger partial charge in [-0.15, -0.1) is 11.3 Å². The highest BCUT2D eigenvalue weighted by atomic mass is 32.1. The maximum absolute atomic E-state index is 12.7. The Morgan fingerprint density at radius 2 is 2.13 bits per heavy atom. The van der Waals surface area contributed by atoms with Gasteiger partial charge in [0.05, 0.1) is 12.6 Å². The van der Waals surface area contributed by atoms with Crippen LogP contribution in [-0.4, -0.2) is 43.3 Å². The minimum absolute atomic E-state index is 0.0335. The fourth-order valence-corrected chi connectivity index (χ4v) is 4.85. The number of thiophene rings is 1. The fraction of sp³-hybridized carbons (Fsp3) is 0.542. The third-order valence-corrected chi connectivity index (χ3v) is 6.68. The summed E-state index contributed by atoms with van der Waals surface area (Å²) in [5, 5.41) is 0. The second-order valence-electron chi connectivity index (χ2n) is 8.44. The van der Waals surface area contributed by atoms with Crippen LogP contribution in [0.4, 0.5) is 0 Å². The number of rotatable bonds is 5. The number of carbonyl (C=O) groups excluding carboxylic acids is 1. The van der Waals surface area contributed by atoms with Crippen molar-refractivity contribution in [3.05, 3.63) is 34.7 Å². The van der Waals surface area contributed by atoms with Crippen molar-refractivity contribution in [3.63, 3.8) is 0 Å². The van der Waals surface area contributed by atoms with Gasteiger partial charge in [0.2, 0.25) is 5.91 Å². The van der Waals surface area contributed by atoms with Crippen LogP contribution in [0, 0.1) is 12.8 Å². The van der Waals surface area contributed by atoms with E-state index >= 15 is 0 Å². The number of nitrogens with zero attached hydrogens (tertiary/aromatic N) is 1. The van der Waals surface area contributed by atoms with E-state index in [2.05, 4.69) is 31.2 Å². The SMILES string of the molecule is Cc1ccc(-c2cc3c(c(OC[C@@H]4CCCCO4)c2)OCCN(C(=O)C(C)C)C3)s1. The lowest BCUT2D eigenvalue weighted by atomic mass is 10.1. The Labute approximate surface area is 182 Å². The van der Waals surface area contributed by atoms with Crippen molar-refractivity contribution < 1.29 is 19.0 Å². The Kier molecular flexibility index (Phi) is 6.64. The summed E-state index contributed by atoms with van der Waals surface area (Å²) in [6, 6.07) is 8.50. The van der Waals surface area contributed by atoms with Crippen LogP contribution in [-0.2, 0) is 16.1 Å². The highest BCUT2D eigenvalue weighted by molar-refractivity contribution is 7.15. The van der Waals surface area contributed by atoms with Gasteiger partial charge in [0.1, 0.15) is 13.2 Å². The summed E-state index contributed by atoms with van der Waals surface area (Å²) < 4.78 is 18.2. The largest absolute Gasteiger partial charge is 0.487 e. The summed E-state index contributed by atoms with van der Waals surface area (Å²) in [6.07, 6.45) is 3.47. The number of amides is 1. The van der Waals surface area contributed by atoms with Gasteiger partial charge in [-0.2, -0.15) is 0 Å². The first-order valence-electron chi connectivity index (χ1n) is 10.9. The standard InChI is InChI=1S/C24H31NO4S/c1-16(2)24(26)25-9-11-28-23-19(14-25)12-18(22-8-7-17(3)30-22)13-21(23)29-15-20-6-4-5-10-27-20/h7-8,12-13,16,20H,4-6,9-11,14-15H2,1-3H3/t20-/m0/s1. The number of fused-ring (bicyclic) bond motifs is 1. The maximum atomic E-state index is 12.7. The van der Waals surface area contributed by atoms with Crippen LogP contribution in [0.25, 0.3) is 10.4 Å². The molecule has 6 heteroatoms. The smallest absolute Gasteiger partial charge is 0.225 e. The van der Waals surface area contributed by atoms with Gasteiger partial charge < -0.3 is 19.1 Å². The Morgan fingerprint density at radius 1 is 1.27 bits per heavy atom. The summed E-state index contributed by atoms with van der Waals surface area (Å²) in [7, 11) is 0. The molecule has 1 aromatic carbocycles. The lowest BCUT2D eigenvalue weighted by Crippen LogP contribution is -2.35. The molecule has 1 fully saturated rings. The summed E-state index contributed by atoms with van der Waals surface area (Å²) in [5.41, 5.74) is 2.11. The Balaban J connectivity index is 1.65. The van der Waals surface area contributed by atoms with Crippen molar-refractivity contribution in [2.24, 2.45) is 5.92 Å². The van der Waals surface area contributed by atoms with Gasteiger partial charge in [0.25, 0.3) is 0 Å².